The number of carbonyl (C=O) groups is 1. The maximum atomic E-state index is 12.6. The Hall–Kier alpha value is -1.40. The van der Waals surface area contributed by atoms with Crippen molar-refractivity contribution in [2.75, 3.05) is 18.8 Å². The van der Waals surface area contributed by atoms with Gasteiger partial charge < -0.3 is 4.90 Å². The first-order valence-electron chi connectivity index (χ1n) is 7.38. The molecule has 0 saturated carbocycles. The monoisotopic (exact) mass is 308 g/mol. The molecule has 114 valence electrons. The van der Waals surface area contributed by atoms with Crippen molar-refractivity contribution in [1.82, 2.24) is 9.21 Å². The van der Waals surface area contributed by atoms with Crippen molar-refractivity contribution in [3.8, 4) is 0 Å². The number of rotatable bonds is 3. The summed E-state index contributed by atoms with van der Waals surface area (Å²) in [5, 5.41) is 0. The zero-order valence-electron chi connectivity index (χ0n) is 12.2. The van der Waals surface area contributed by atoms with Gasteiger partial charge >= 0.3 is 0 Å². The summed E-state index contributed by atoms with van der Waals surface area (Å²) in [5.74, 6) is -0.0216. The predicted octanol–water partition coefficient (Wildman–Crippen LogP) is 0.995. The molecule has 0 unspecified atom stereocenters. The first-order valence-corrected chi connectivity index (χ1v) is 8.99. The molecule has 1 aromatic rings. The number of fused-ring (bicyclic) bond motifs is 1. The minimum Gasteiger partial charge on any atom is -0.341 e. The summed E-state index contributed by atoms with van der Waals surface area (Å²) in [4.78, 5) is 14.3. The van der Waals surface area contributed by atoms with Gasteiger partial charge in [0.2, 0.25) is 15.9 Å². The number of likely N-dealkylation sites (tertiary alicyclic amines) is 1. The number of amides is 1. The smallest absolute Gasteiger partial charge is 0.241 e. The van der Waals surface area contributed by atoms with Gasteiger partial charge in [-0.1, -0.05) is 24.3 Å². The molecule has 0 radical (unpaired) electrons. The second-order valence-electron chi connectivity index (χ2n) is 5.61. The van der Waals surface area contributed by atoms with Gasteiger partial charge in [0.1, 0.15) is 6.04 Å². The highest BCUT2D eigenvalue weighted by Crippen LogP contribution is 2.28. The van der Waals surface area contributed by atoms with Crippen molar-refractivity contribution in [1.29, 1.82) is 0 Å². The summed E-state index contributed by atoms with van der Waals surface area (Å²) < 4.78 is 26.1. The van der Waals surface area contributed by atoms with E-state index in [1.54, 1.807) is 11.8 Å². The van der Waals surface area contributed by atoms with E-state index in [1.165, 1.54) is 4.31 Å². The van der Waals surface area contributed by atoms with Gasteiger partial charge in [0.25, 0.3) is 0 Å². The normalized spacial score (nSPS) is 22.5. The van der Waals surface area contributed by atoms with E-state index in [0.717, 1.165) is 30.6 Å². The Bertz CT molecular complexity index is 653. The number of benzene rings is 1. The van der Waals surface area contributed by atoms with Crippen LogP contribution in [-0.2, 0) is 27.8 Å². The van der Waals surface area contributed by atoms with Crippen LogP contribution in [0.25, 0.3) is 0 Å². The molecular weight excluding hydrogens is 288 g/mol. The van der Waals surface area contributed by atoms with Crippen molar-refractivity contribution in [3.63, 3.8) is 0 Å². The molecule has 0 N–H and O–H groups in total. The molecule has 2 heterocycles. The molecule has 21 heavy (non-hydrogen) atoms. The predicted molar refractivity (Wildman–Crippen MR) is 80.1 cm³/mol. The Morgan fingerprint density at radius 1 is 1.24 bits per heavy atom. The molecule has 5 nitrogen and oxygen atoms in total. The van der Waals surface area contributed by atoms with Crippen molar-refractivity contribution < 1.29 is 13.2 Å². The second-order valence-corrected chi connectivity index (χ2v) is 7.82. The molecule has 6 heteroatoms. The number of nitrogens with zero attached hydrogens (tertiary/aromatic N) is 2. The van der Waals surface area contributed by atoms with Gasteiger partial charge in [0.15, 0.2) is 0 Å². The molecule has 1 atom stereocenters. The highest BCUT2D eigenvalue weighted by Gasteiger charge is 2.40. The molecule has 2 aliphatic heterocycles. The minimum atomic E-state index is -3.39. The van der Waals surface area contributed by atoms with Crippen LogP contribution in [0.15, 0.2) is 24.3 Å². The maximum Gasteiger partial charge on any atom is 0.241 e. The number of hydrogen-bond acceptors (Lipinski definition) is 3. The lowest BCUT2D eigenvalue weighted by molar-refractivity contribution is -0.139. The first-order chi connectivity index (χ1) is 10.0. The van der Waals surface area contributed by atoms with E-state index in [-0.39, 0.29) is 11.7 Å². The Balaban J connectivity index is 1.96. The van der Waals surface area contributed by atoms with Gasteiger partial charge in [-0.25, -0.2) is 8.42 Å². The topological polar surface area (TPSA) is 57.7 Å². The molecule has 0 aliphatic carbocycles. The fourth-order valence-corrected chi connectivity index (χ4v) is 4.13. The van der Waals surface area contributed by atoms with E-state index in [4.69, 9.17) is 0 Å². The largest absolute Gasteiger partial charge is 0.341 e. The molecule has 1 saturated heterocycles. The lowest BCUT2D eigenvalue weighted by atomic mass is 9.94. The Morgan fingerprint density at radius 2 is 1.90 bits per heavy atom. The number of carbonyl (C=O) groups excluding carboxylic acids is 1. The van der Waals surface area contributed by atoms with Crippen LogP contribution in [0.3, 0.4) is 0 Å². The molecule has 2 aliphatic rings. The van der Waals surface area contributed by atoms with Gasteiger partial charge in [-0.05, 0) is 30.9 Å². The number of hydrogen-bond donors (Lipinski definition) is 0. The standard InChI is InChI=1S/C15H20N2O3S/c1-2-21(19,20)17-11-13-7-4-3-6-12(13)10-14(17)15(18)16-8-5-9-16/h3-4,6-7,14H,2,5,8-11H2,1H3/t14-/m1/s1. The van der Waals surface area contributed by atoms with E-state index < -0.39 is 16.1 Å². The molecule has 1 aromatic carbocycles. The first kappa shape index (κ1) is 14.5. The molecule has 0 spiro atoms. The van der Waals surface area contributed by atoms with E-state index in [0.29, 0.717) is 13.0 Å². The maximum absolute atomic E-state index is 12.6. The highest BCUT2D eigenvalue weighted by atomic mass is 32.2. The van der Waals surface area contributed by atoms with Gasteiger partial charge in [-0.15, -0.1) is 0 Å². The molecule has 1 fully saturated rings. The van der Waals surface area contributed by atoms with Crippen molar-refractivity contribution in [2.24, 2.45) is 0 Å². The molecule has 3 rings (SSSR count). The average molecular weight is 308 g/mol. The van der Waals surface area contributed by atoms with E-state index in [1.807, 2.05) is 24.3 Å². The zero-order valence-corrected chi connectivity index (χ0v) is 13.0. The van der Waals surface area contributed by atoms with Crippen LogP contribution < -0.4 is 0 Å². The quantitative estimate of drug-likeness (QED) is 0.837. The molecule has 0 bridgehead atoms. The van der Waals surface area contributed by atoms with Crippen LogP contribution in [0.2, 0.25) is 0 Å². The molecule has 0 aromatic heterocycles. The fraction of sp³-hybridized carbons (Fsp3) is 0.533. The summed E-state index contributed by atoms with van der Waals surface area (Å²) in [6.07, 6.45) is 1.49. The van der Waals surface area contributed by atoms with Crippen LogP contribution >= 0.6 is 0 Å². The van der Waals surface area contributed by atoms with Gasteiger partial charge in [-0.3, -0.25) is 4.79 Å². The lowest BCUT2D eigenvalue weighted by Gasteiger charge is -2.40. The summed E-state index contributed by atoms with van der Waals surface area (Å²) in [6, 6.07) is 7.20. The van der Waals surface area contributed by atoms with Crippen LogP contribution in [0.4, 0.5) is 0 Å². The van der Waals surface area contributed by atoms with Gasteiger partial charge in [0.05, 0.1) is 5.75 Å². The lowest BCUT2D eigenvalue weighted by Crippen LogP contribution is -2.56. The van der Waals surface area contributed by atoms with Crippen LogP contribution in [0, 0.1) is 0 Å². The Morgan fingerprint density at radius 3 is 2.48 bits per heavy atom. The third kappa shape index (κ3) is 2.58. The van der Waals surface area contributed by atoms with Crippen molar-refractivity contribution in [3.05, 3.63) is 35.4 Å². The van der Waals surface area contributed by atoms with Crippen molar-refractivity contribution in [2.45, 2.75) is 32.4 Å². The second kappa shape index (κ2) is 5.42. The van der Waals surface area contributed by atoms with E-state index in [9.17, 15) is 13.2 Å². The Kier molecular flexibility index (Phi) is 3.75. The molecular formula is C15H20N2O3S. The molecule has 1 amide bonds. The summed E-state index contributed by atoms with van der Waals surface area (Å²) in [5.41, 5.74) is 2.08. The van der Waals surface area contributed by atoms with Gasteiger partial charge in [0, 0.05) is 19.6 Å². The average Bonchev–Trinajstić information content (AvgIpc) is 2.44. The summed E-state index contributed by atoms with van der Waals surface area (Å²) in [6.45, 7) is 3.42. The summed E-state index contributed by atoms with van der Waals surface area (Å²) in [7, 11) is -3.39. The van der Waals surface area contributed by atoms with Crippen LogP contribution in [-0.4, -0.2) is 48.4 Å². The fourth-order valence-electron chi connectivity index (χ4n) is 2.91. The summed E-state index contributed by atoms with van der Waals surface area (Å²) >= 11 is 0. The third-order valence-electron chi connectivity index (χ3n) is 4.38. The van der Waals surface area contributed by atoms with Gasteiger partial charge in [-0.2, -0.15) is 4.31 Å². The van der Waals surface area contributed by atoms with E-state index >= 15 is 0 Å². The third-order valence-corrected chi connectivity index (χ3v) is 6.21. The zero-order chi connectivity index (χ0) is 15.0. The SMILES string of the molecule is CCS(=O)(=O)N1Cc2ccccc2C[C@@H]1C(=O)N1CCC1. The number of sulfonamides is 1. The minimum absolute atomic E-state index is 0.0267. The Labute approximate surface area is 125 Å². The van der Waals surface area contributed by atoms with Crippen molar-refractivity contribution >= 4 is 15.9 Å². The van der Waals surface area contributed by atoms with E-state index in [2.05, 4.69) is 0 Å². The highest BCUT2D eigenvalue weighted by molar-refractivity contribution is 7.89. The van der Waals surface area contributed by atoms with Crippen LogP contribution in [0.1, 0.15) is 24.5 Å². The van der Waals surface area contributed by atoms with Crippen LogP contribution in [0.5, 0.6) is 0 Å².